The van der Waals surface area contributed by atoms with Gasteiger partial charge in [-0.1, -0.05) is 18.5 Å². The number of hydrogen-bond acceptors (Lipinski definition) is 5. The Hall–Kier alpha value is -2.52. The van der Waals surface area contributed by atoms with Gasteiger partial charge < -0.3 is 16.0 Å². The number of benzene rings is 1. The average molecular weight is 449 g/mol. The van der Waals surface area contributed by atoms with Crippen LogP contribution in [0.2, 0.25) is 5.02 Å². The van der Waals surface area contributed by atoms with E-state index in [0.29, 0.717) is 17.1 Å². The van der Waals surface area contributed by atoms with Crippen LogP contribution in [0.25, 0.3) is 5.69 Å². The minimum Gasteiger partial charge on any atom is -0.350 e. The molecule has 1 saturated carbocycles. The van der Waals surface area contributed by atoms with Crippen LogP contribution in [0.3, 0.4) is 0 Å². The third kappa shape index (κ3) is 4.88. The maximum Gasteiger partial charge on any atom is 0.243 e. The van der Waals surface area contributed by atoms with E-state index in [1.807, 2.05) is 0 Å². The first-order chi connectivity index (χ1) is 14.8. The second-order valence-electron chi connectivity index (χ2n) is 8.79. The second kappa shape index (κ2) is 8.55. The Morgan fingerprint density at radius 2 is 2.19 bits per heavy atom. The molecule has 1 aliphatic heterocycles. The predicted octanol–water partition coefficient (Wildman–Crippen LogP) is 1.99. The molecule has 2 aliphatic rings. The van der Waals surface area contributed by atoms with Gasteiger partial charge in [0.1, 0.15) is 24.9 Å². The molecule has 3 N–H and O–H groups in total. The topological polar surface area (TPSA) is 106 Å². The number of rotatable bonds is 7. The Labute approximate surface area is 184 Å². The van der Waals surface area contributed by atoms with E-state index in [9.17, 15) is 14.0 Å². The zero-order chi connectivity index (χ0) is 22.2. The van der Waals surface area contributed by atoms with E-state index >= 15 is 0 Å². The first-order valence-corrected chi connectivity index (χ1v) is 10.7. The van der Waals surface area contributed by atoms with Gasteiger partial charge in [0, 0.05) is 18.0 Å². The molecule has 2 amide bonds. The van der Waals surface area contributed by atoms with Crippen molar-refractivity contribution in [3.63, 3.8) is 0 Å². The van der Waals surface area contributed by atoms with Crippen LogP contribution in [0.4, 0.5) is 4.39 Å². The Balaban J connectivity index is 1.44. The standard InChI is InChI=1S/C21H26ClFN6O2/c1-21(4-5-21)8-16(24)20(31)28-10-15(23)7-18(28)19(30)26-9-13-6-14(22)2-3-17(13)29-12-25-11-27-29/h2-3,6,11-12,15-16,18H,4-5,7-10,24H2,1H3,(H,26,30)/t15-,16+,18-/m0/s1. The number of nitrogens with two attached hydrogens (primary N) is 1. The fraction of sp³-hybridized carbons (Fsp3) is 0.524. The lowest BCUT2D eigenvalue weighted by atomic mass is 9.98. The average Bonchev–Trinajstić information content (AvgIpc) is 3.12. The van der Waals surface area contributed by atoms with Gasteiger partial charge in [0.2, 0.25) is 11.8 Å². The molecule has 4 rings (SSSR count). The summed E-state index contributed by atoms with van der Waals surface area (Å²) in [4.78, 5) is 31.0. The van der Waals surface area contributed by atoms with Crippen molar-refractivity contribution in [2.24, 2.45) is 11.1 Å². The van der Waals surface area contributed by atoms with E-state index in [0.717, 1.165) is 18.4 Å². The normalized spacial score (nSPS) is 22.9. The van der Waals surface area contributed by atoms with E-state index in [1.54, 1.807) is 29.2 Å². The highest BCUT2D eigenvalue weighted by Gasteiger charge is 2.44. The Morgan fingerprint density at radius 3 is 2.87 bits per heavy atom. The second-order valence-corrected chi connectivity index (χ2v) is 9.23. The van der Waals surface area contributed by atoms with E-state index < -0.39 is 24.2 Å². The first kappa shape index (κ1) is 21.7. The highest BCUT2D eigenvalue weighted by molar-refractivity contribution is 6.30. The molecule has 2 fully saturated rings. The van der Waals surface area contributed by atoms with Crippen LogP contribution in [-0.4, -0.2) is 56.3 Å². The monoisotopic (exact) mass is 448 g/mol. The van der Waals surface area contributed by atoms with Crippen LogP contribution < -0.4 is 11.1 Å². The van der Waals surface area contributed by atoms with Crippen LogP contribution in [-0.2, 0) is 16.1 Å². The Bertz CT molecular complexity index is 965. The van der Waals surface area contributed by atoms with Gasteiger partial charge in [-0.05, 0) is 48.4 Å². The number of aromatic nitrogens is 3. The molecule has 2 aromatic rings. The summed E-state index contributed by atoms with van der Waals surface area (Å²) in [6.07, 6.45) is 4.30. The van der Waals surface area contributed by atoms with Crippen LogP contribution in [0, 0.1) is 5.41 Å². The molecular formula is C21H26ClFN6O2. The third-order valence-corrected chi connectivity index (χ3v) is 6.36. The number of carbonyl (C=O) groups excluding carboxylic acids is 2. The van der Waals surface area contributed by atoms with Crippen LogP contribution in [0.1, 0.15) is 38.2 Å². The molecule has 8 nitrogen and oxygen atoms in total. The number of halogens is 2. The summed E-state index contributed by atoms with van der Waals surface area (Å²) in [6, 6.07) is 3.62. The van der Waals surface area contributed by atoms with Gasteiger partial charge in [-0.2, -0.15) is 5.10 Å². The van der Waals surface area contributed by atoms with Gasteiger partial charge >= 0.3 is 0 Å². The van der Waals surface area contributed by atoms with Crippen molar-refractivity contribution >= 4 is 23.4 Å². The van der Waals surface area contributed by atoms with Crippen molar-refractivity contribution in [3.8, 4) is 5.69 Å². The van der Waals surface area contributed by atoms with E-state index in [2.05, 4.69) is 22.3 Å². The predicted molar refractivity (Wildman–Crippen MR) is 113 cm³/mol. The summed E-state index contributed by atoms with van der Waals surface area (Å²) in [5, 5.41) is 7.44. The molecule has 10 heteroatoms. The molecule has 2 heterocycles. The van der Waals surface area contributed by atoms with Gasteiger partial charge in [0.05, 0.1) is 18.3 Å². The number of amides is 2. The van der Waals surface area contributed by atoms with E-state index in [-0.39, 0.29) is 30.8 Å². The molecule has 0 unspecified atom stereocenters. The first-order valence-electron chi connectivity index (χ1n) is 10.4. The zero-order valence-corrected chi connectivity index (χ0v) is 18.1. The molecule has 31 heavy (non-hydrogen) atoms. The van der Waals surface area contributed by atoms with Crippen LogP contribution in [0.5, 0.6) is 0 Å². The Morgan fingerprint density at radius 1 is 1.42 bits per heavy atom. The maximum atomic E-state index is 14.2. The van der Waals surface area contributed by atoms with Gasteiger partial charge in [0.25, 0.3) is 0 Å². The summed E-state index contributed by atoms with van der Waals surface area (Å²) in [7, 11) is 0. The third-order valence-electron chi connectivity index (χ3n) is 6.13. The lowest BCUT2D eigenvalue weighted by Crippen LogP contribution is -2.51. The number of nitrogens with one attached hydrogen (secondary N) is 1. The largest absolute Gasteiger partial charge is 0.350 e. The van der Waals surface area contributed by atoms with Crippen molar-refractivity contribution in [1.29, 1.82) is 0 Å². The quantitative estimate of drug-likeness (QED) is 0.673. The van der Waals surface area contributed by atoms with Crippen molar-refractivity contribution in [2.75, 3.05) is 6.54 Å². The molecule has 3 atom stereocenters. The van der Waals surface area contributed by atoms with Crippen LogP contribution in [0.15, 0.2) is 30.9 Å². The van der Waals surface area contributed by atoms with Gasteiger partial charge in [-0.15, -0.1) is 0 Å². The fourth-order valence-corrected chi connectivity index (χ4v) is 4.27. The van der Waals surface area contributed by atoms with Crippen LogP contribution >= 0.6 is 11.6 Å². The summed E-state index contributed by atoms with van der Waals surface area (Å²) in [5.41, 5.74) is 7.63. The van der Waals surface area contributed by atoms with Crippen molar-refractivity contribution in [1.82, 2.24) is 25.0 Å². The molecule has 0 radical (unpaired) electrons. The molecule has 166 valence electrons. The van der Waals surface area contributed by atoms with E-state index in [1.165, 1.54) is 11.2 Å². The lowest BCUT2D eigenvalue weighted by Gasteiger charge is -2.27. The number of hydrogen-bond donors (Lipinski definition) is 2. The zero-order valence-electron chi connectivity index (χ0n) is 17.3. The molecule has 1 saturated heterocycles. The fourth-order valence-electron chi connectivity index (χ4n) is 4.08. The summed E-state index contributed by atoms with van der Waals surface area (Å²) >= 11 is 6.12. The maximum absolute atomic E-state index is 14.2. The van der Waals surface area contributed by atoms with Gasteiger partial charge in [-0.3, -0.25) is 9.59 Å². The lowest BCUT2D eigenvalue weighted by molar-refractivity contribution is -0.139. The summed E-state index contributed by atoms with van der Waals surface area (Å²) in [5.74, 6) is -0.776. The number of nitrogens with zero attached hydrogens (tertiary/aromatic N) is 4. The summed E-state index contributed by atoms with van der Waals surface area (Å²) < 4.78 is 15.7. The molecule has 1 aliphatic carbocycles. The minimum absolute atomic E-state index is 0.0347. The molecule has 0 bridgehead atoms. The molecule has 1 aromatic carbocycles. The highest BCUT2D eigenvalue weighted by Crippen LogP contribution is 2.48. The summed E-state index contributed by atoms with van der Waals surface area (Å²) in [6.45, 7) is 2.13. The SMILES string of the molecule is CC1(C[C@@H](N)C(=O)N2C[C@@H](F)C[C@H]2C(=O)NCc2cc(Cl)ccc2-n2cncn2)CC1. The van der Waals surface area contributed by atoms with Gasteiger partial charge in [0.15, 0.2) is 0 Å². The highest BCUT2D eigenvalue weighted by atomic mass is 35.5. The molecular weight excluding hydrogens is 423 g/mol. The van der Waals surface area contributed by atoms with E-state index in [4.69, 9.17) is 17.3 Å². The number of alkyl halides is 1. The number of likely N-dealkylation sites (tertiary alicyclic amines) is 1. The van der Waals surface area contributed by atoms with Crippen molar-refractivity contribution in [2.45, 2.75) is 57.4 Å². The molecule has 0 spiro atoms. The Kier molecular flexibility index (Phi) is 5.98. The van der Waals surface area contributed by atoms with Gasteiger partial charge in [-0.25, -0.2) is 14.1 Å². The molecule has 1 aromatic heterocycles. The van der Waals surface area contributed by atoms with Crippen molar-refractivity contribution < 1.29 is 14.0 Å². The van der Waals surface area contributed by atoms with Crippen molar-refractivity contribution in [3.05, 3.63) is 41.4 Å². The minimum atomic E-state index is -1.25. The smallest absolute Gasteiger partial charge is 0.243 e. The number of carbonyl (C=O) groups is 2.